The lowest BCUT2D eigenvalue weighted by Gasteiger charge is -2.47. The number of carbonyl (C=O) groups is 2. The molecule has 4 atom stereocenters. The molecule has 0 aromatic heterocycles. The summed E-state index contributed by atoms with van der Waals surface area (Å²) < 4.78 is 0. The number of benzene rings is 2. The Morgan fingerprint density at radius 1 is 1.11 bits per heavy atom. The van der Waals surface area contributed by atoms with Crippen molar-refractivity contribution in [1.29, 1.82) is 0 Å². The zero-order valence-corrected chi connectivity index (χ0v) is 22.4. The first-order chi connectivity index (χ1) is 16.7. The van der Waals surface area contributed by atoms with Gasteiger partial charge in [-0.15, -0.1) is 0 Å². The molecule has 35 heavy (non-hydrogen) atoms. The molecule has 6 nitrogen and oxygen atoms in total. The van der Waals surface area contributed by atoms with Crippen molar-refractivity contribution in [2.24, 2.45) is 5.92 Å². The number of amides is 2. The molecule has 2 aromatic rings. The minimum absolute atomic E-state index is 0.00450. The smallest absolute Gasteiger partial charge is 0.237 e. The highest BCUT2D eigenvalue weighted by molar-refractivity contribution is 6.30. The molecule has 8 heteroatoms. The fourth-order valence-electron chi connectivity index (χ4n) is 5.52. The Labute approximate surface area is 218 Å². The Bertz CT molecular complexity index is 999. The van der Waals surface area contributed by atoms with Crippen molar-refractivity contribution >= 4 is 35.5 Å². The second kappa shape index (κ2) is 12.2. The lowest BCUT2D eigenvalue weighted by atomic mass is 9.68. The van der Waals surface area contributed by atoms with Crippen LogP contribution in [0.2, 0.25) is 10.0 Å². The second-order valence-electron chi connectivity index (χ2n) is 9.80. The quantitative estimate of drug-likeness (QED) is 0.308. The predicted octanol–water partition coefficient (Wildman–Crippen LogP) is 4.17. The van der Waals surface area contributed by atoms with Crippen LogP contribution in [-0.4, -0.2) is 56.5 Å². The molecule has 2 aromatic carbocycles. The van der Waals surface area contributed by atoms with E-state index in [1.807, 2.05) is 30.3 Å². The van der Waals surface area contributed by atoms with E-state index < -0.39 is 11.6 Å². The first kappa shape index (κ1) is 27.5. The van der Waals surface area contributed by atoms with Crippen molar-refractivity contribution in [2.45, 2.75) is 50.2 Å². The molecule has 0 spiro atoms. The van der Waals surface area contributed by atoms with E-state index in [4.69, 9.17) is 23.2 Å². The van der Waals surface area contributed by atoms with Gasteiger partial charge < -0.3 is 16.0 Å². The van der Waals surface area contributed by atoms with Gasteiger partial charge in [0.2, 0.25) is 12.3 Å². The Kier molecular flexibility index (Phi) is 9.59. The van der Waals surface area contributed by atoms with E-state index in [0.717, 1.165) is 17.5 Å². The number of likely N-dealkylation sites (N-methyl/N-ethyl adjacent to an activating group) is 1. The normalized spacial score (nSPS) is 24.1. The van der Waals surface area contributed by atoms with E-state index in [9.17, 15) is 9.59 Å². The van der Waals surface area contributed by atoms with E-state index >= 15 is 0 Å². The number of halogens is 2. The second-order valence-corrected chi connectivity index (χ2v) is 10.7. The largest absolute Gasteiger partial charge is 0.359 e. The van der Waals surface area contributed by atoms with Gasteiger partial charge in [-0.2, -0.15) is 0 Å². The number of hydrogen-bond acceptors (Lipinski definition) is 4. The third kappa shape index (κ3) is 6.00. The molecular weight excluding hydrogens is 483 g/mol. The van der Waals surface area contributed by atoms with Crippen LogP contribution >= 0.6 is 23.2 Å². The third-order valence-corrected chi connectivity index (χ3v) is 7.33. The first-order valence-corrected chi connectivity index (χ1v) is 12.9. The molecular formula is C27H36Cl2N4O2. The van der Waals surface area contributed by atoms with Crippen LogP contribution in [0.3, 0.4) is 0 Å². The van der Waals surface area contributed by atoms with Gasteiger partial charge in [-0.1, -0.05) is 61.3 Å². The summed E-state index contributed by atoms with van der Waals surface area (Å²) in [4.78, 5) is 26.4. The van der Waals surface area contributed by atoms with E-state index in [0.29, 0.717) is 41.9 Å². The summed E-state index contributed by atoms with van der Waals surface area (Å²) in [5.41, 5.74) is 1.57. The van der Waals surface area contributed by atoms with Crippen LogP contribution < -0.4 is 16.0 Å². The van der Waals surface area contributed by atoms with E-state index in [1.165, 1.54) is 0 Å². The summed E-state index contributed by atoms with van der Waals surface area (Å²) in [7, 11) is 4.15. The van der Waals surface area contributed by atoms with Crippen molar-refractivity contribution in [3.8, 4) is 0 Å². The zero-order chi connectivity index (χ0) is 25.6. The highest BCUT2D eigenvalue weighted by atomic mass is 35.5. The van der Waals surface area contributed by atoms with Gasteiger partial charge in [0, 0.05) is 35.1 Å². The van der Waals surface area contributed by atoms with Crippen molar-refractivity contribution < 1.29 is 9.59 Å². The molecule has 4 unspecified atom stereocenters. The Balaban J connectivity index is 2.13. The summed E-state index contributed by atoms with van der Waals surface area (Å²) >= 11 is 12.7. The lowest BCUT2D eigenvalue weighted by molar-refractivity contribution is -0.123. The predicted molar refractivity (Wildman–Crippen MR) is 143 cm³/mol. The van der Waals surface area contributed by atoms with Crippen molar-refractivity contribution in [1.82, 2.24) is 20.9 Å². The molecule has 0 bridgehead atoms. The average Bonchev–Trinajstić information content (AvgIpc) is 3.14. The van der Waals surface area contributed by atoms with Gasteiger partial charge in [-0.05, 0) is 68.2 Å². The van der Waals surface area contributed by atoms with Crippen LogP contribution in [0.5, 0.6) is 0 Å². The van der Waals surface area contributed by atoms with Gasteiger partial charge in [0.25, 0.3) is 0 Å². The molecule has 1 heterocycles. The van der Waals surface area contributed by atoms with Crippen LogP contribution in [0, 0.1) is 5.92 Å². The minimum atomic E-state index is -0.527. The number of hydrogen-bond donors (Lipinski definition) is 3. The van der Waals surface area contributed by atoms with Crippen LogP contribution in [0.25, 0.3) is 0 Å². The van der Waals surface area contributed by atoms with Crippen LogP contribution in [0.15, 0.2) is 48.5 Å². The lowest BCUT2D eigenvalue weighted by Crippen LogP contribution is -2.53. The maximum absolute atomic E-state index is 13.6. The number of nitrogens with zero attached hydrogens (tertiary/aromatic N) is 1. The van der Waals surface area contributed by atoms with Crippen LogP contribution in [0.1, 0.15) is 43.7 Å². The summed E-state index contributed by atoms with van der Waals surface area (Å²) in [5.74, 6) is 0.136. The average molecular weight is 520 g/mol. The maximum atomic E-state index is 13.6. The number of nitrogens with one attached hydrogen (secondary N) is 3. The Hall–Kier alpha value is -2.12. The Morgan fingerprint density at radius 2 is 1.83 bits per heavy atom. The molecule has 0 aliphatic carbocycles. The van der Waals surface area contributed by atoms with Gasteiger partial charge in [0.05, 0.1) is 11.6 Å². The minimum Gasteiger partial charge on any atom is -0.359 e. The topological polar surface area (TPSA) is 73.5 Å². The molecule has 1 aliphatic rings. The molecule has 1 fully saturated rings. The number of carbonyl (C=O) groups excluding carboxylic acids is 2. The highest BCUT2D eigenvalue weighted by Crippen LogP contribution is 2.51. The third-order valence-electron chi connectivity index (χ3n) is 6.84. The zero-order valence-electron chi connectivity index (χ0n) is 20.9. The summed E-state index contributed by atoms with van der Waals surface area (Å²) in [6.07, 6.45) is 2.21. The Morgan fingerprint density at radius 3 is 2.43 bits per heavy atom. The fraction of sp³-hybridized carbons (Fsp3) is 0.481. The van der Waals surface area contributed by atoms with Crippen LogP contribution in [-0.2, 0) is 15.1 Å². The van der Waals surface area contributed by atoms with Gasteiger partial charge in [0.1, 0.15) is 0 Å². The monoisotopic (exact) mass is 518 g/mol. The van der Waals surface area contributed by atoms with Gasteiger partial charge in [0.15, 0.2) is 0 Å². The summed E-state index contributed by atoms with van der Waals surface area (Å²) in [6, 6.07) is 15.3. The van der Waals surface area contributed by atoms with Crippen LogP contribution in [0.4, 0.5) is 0 Å². The molecule has 3 N–H and O–H groups in total. The number of rotatable bonds is 11. The molecule has 190 valence electrons. The molecule has 1 aliphatic heterocycles. The van der Waals surface area contributed by atoms with Crippen molar-refractivity contribution in [2.75, 3.05) is 27.2 Å². The SMILES string of the molecule is CC(C)CC1NC(C(=O)NCCCNC=O)C(c2cccc(Cl)c2)C1(c1ccc(Cl)cc1)N(C)C. The van der Waals surface area contributed by atoms with Gasteiger partial charge in [-0.25, -0.2) is 0 Å². The first-order valence-electron chi connectivity index (χ1n) is 12.1. The standard InChI is InChI=1S/C27H36Cl2N4O2/c1-18(2)15-23-27(33(3)4,20-9-11-21(28)12-10-20)24(19-7-5-8-22(29)16-19)25(32-23)26(35)31-14-6-13-30-17-34/h5,7-12,16-18,23-25,32H,6,13-15H2,1-4H3,(H,30,34)(H,31,35). The van der Waals surface area contributed by atoms with Gasteiger partial charge in [-0.3, -0.25) is 14.5 Å². The van der Waals surface area contributed by atoms with E-state index in [1.54, 1.807) is 0 Å². The summed E-state index contributed by atoms with van der Waals surface area (Å²) in [6.45, 7) is 5.39. The van der Waals surface area contributed by atoms with E-state index in [2.05, 4.69) is 67.0 Å². The van der Waals surface area contributed by atoms with E-state index in [-0.39, 0.29) is 17.9 Å². The molecule has 3 rings (SSSR count). The van der Waals surface area contributed by atoms with Crippen molar-refractivity contribution in [3.05, 3.63) is 69.7 Å². The van der Waals surface area contributed by atoms with Crippen molar-refractivity contribution in [3.63, 3.8) is 0 Å². The van der Waals surface area contributed by atoms with Gasteiger partial charge >= 0.3 is 0 Å². The fourth-order valence-corrected chi connectivity index (χ4v) is 5.84. The molecule has 2 amide bonds. The summed E-state index contributed by atoms with van der Waals surface area (Å²) in [5, 5.41) is 10.7. The molecule has 0 radical (unpaired) electrons. The molecule has 1 saturated heterocycles. The highest BCUT2D eigenvalue weighted by Gasteiger charge is 2.59. The maximum Gasteiger partial charge on any atom is 0.237 e. The molecule has 0 saturated carbocycles.